The molecule has 3 N–H and O–H groups in total. The summed E-state index contributed by atoms with van der Waals surface area (Å²) in [6, 6.07) is 7.66. The molecule has 23 heavy (non-hydrogen) atoms. The highest BCUT2D eigenvalue weighted by Crippen LogP contribution is 2.15. The van der Waals surface area contributed by atoms with Gasteiger partial charge in [-0.2, -0.15) is 5.21 Å². The van der Waals surface area contributed by atoms with Crippen molar-refractivity contribution in [2.24, 2.45) is 0 Å². The molecule has 0 saturated carbocycles. The zero-order valence-electron chi connectivity index (χ0n) is 12.8. The molecule has 1 atom stereocenters. The highest BCUT2D eigenvalue weighted by atomic mass is 16.3. The lowest BCUT2D eigenvalue weighted by Crippen LogP contribution is -2.44. The number of H-pyrrole nitrogens is 1. The molecule has 1 saturated heterocycles. The maximum absolute atomic E-state index is 12.0. The average Bonchev–Trinajstić information content (AvgIpc) is 3.08. The lowest BCUT2D eigenvalue weighted by atomic mass is 10.1. The number of benzene rings is 1. The number of nitrogens with one attached hydrogen (secondary N) is 2. The van der Waals surface area contributed by atoms with E-state index in [9.17, 15) is 9.90 Å². The zero-order chi connectivity index (χ0) is 16.1. The SMILES string of the molecule is O=C(CN1CCCC(O)C1)NCc1cccc(-c2nn[nH]n2)c1. The summed E-state index contributed by atoms with van der Waals surface area (Å²) in [5.41, 5.74) is 1.82. The number of piperidine rings is 1. The fourth-order valence-electron chi connectivity index (χ4n) is 2.74. The summed E-state index contributed by atoms with van der Waals surface area (Å²) in [4.78, 5) is 14.0. The van der Waals surface area contributed by atoms with Crippen molar-refractivity contribution < 1.29 is 9.90 Å². The van der Waals surface area contributed by atoms with Crippen LogP contribution in [0.25, 0.3) is 11.4 Å². The molecule has 1 aromatic heterocycles. The van der Waals surface area contributed by atoms with Gasteiger partial charge in [-0.25, -0.2) is 0 Å². The number of aliphatic hydroxyl groups excluding tert-OH is 1. The monoisotopic (exact) mass is 316 g/mol. The molecule has 0 bridgehead atoms. The van der Waals surface area contributed by atoms with Gasteiger partial charge in [0.1, 0.15) is 0 Å². The molecular weight excluding hydrogens is 296 g/mol. The van der Waals surface area contributed by atoms with Gasteiger partial charge in [-0.1, -0.05) is 18.2 Å². The van der Waals surface area contributed by atoms with Gasteiger partial charge in [0, 0.05) is 18.7 Å². The summed E-state index contributed by atoms with van der Waals surface area (Å²) >= 11 is 0. The Morgan fingerprint density at radius 3 is 3.17 bits per heavy atom. The Morgan fingerprint density at radius 2 is 2.39 bits per heavy atom. The standard InChI is InChI=1S/C15H20N6O2/c22-13-5-2-6-21(9-13)10-14(23)16-8-11-3-1-4-12(7-11)15-17-19-20-18-15/h1,3-4,7,13,22H,2,5-6,8-10H2,(H,16,23)(H,17,18,19,20). The molecule has 8 heteroatoms. The normalized spacial score (nSPS) is 18.7. The second kappa shape index (κ2) is 7.30. The smallest absolute Gasteiger partial charge is 0.234 e. The quantitative estimate of drug-likeness (QED) is 0.713. The van der Waals surface area contributed by atoms with Gasteiger partial charge in [0.25, 0.3) is 0 Å². The summed E-state index contributed by atoms with van der Waals surface area (Å²) in [5, 5.41) is 26.4. The molecule has 1 aromatic carbocycles. The van der Waals surface area contributed by atoms with Crippen LogP contribution in [0.3, 0.4) is 0 Å². The highest BCUT2D eigenvalue weighted by molar-refractivity contribution is 5.78. The van der Waals surface area contributed by atoms with E-state index in [1.807, 2.05) is 29.2 Å². The van der Waals surface area contributed by atoms with Crippen molar-refractivity contribution in [2.75, 3.05) is 19.6 Å². The van der Waals surface area contributed by atoms with Crippen LogP contribution in [0.2, 0.25) is 0 Å². The minimum Gasteiger partial charge on any atom is -0.392 e. The van der Waals surface area contributed by atoms with Crippen LogP contribution in [-0.4, -0.2) is 62.3 Å². The fourth-order valence-corrected chi connectivity index (χ4v) is 2.74. The number of likely N-dealkylation sites (tertiary alicyclic amines) is 1. The van der Waals surface area contributed by atoms with Crippen molar-refractivity contribution in [2.45, 2.75) is 25.5 Å². The average molecular weight is 316 g/mol. The molecule has 2 aromatic rings. The number of aromatic amines is 1. The molecule has 1 unspecified atom stereocenters. The maximum Gasteiger partial charge on any atom is 0.234 e. The van der Waals surface area contributed by atoms with Crippen molar-refractivity contribution in [1.29, 1.82) is 0 Å². The van der Waals surface area contributed by atoms with Crippen LogP contribution in [0.1, 0.15) is 18.4 Å². The first-order valence-electron chi connectivity index (χ1n) is 7.70. The number of nitrogens with zero attached hydrogens (tertiary/aromatic N) is 4. The largest absolute Gasteiger partial charge is 0.392 e. The molecule has 0 radical (unpaired) electrons. The maximum atomic E-state index is 12.0. The van der Waals surface area contributed by atoms with Gasteiger partial charge in [0.15, 0.2) is 0 Å². The predicted octanol–water partition coefficient (Wildman–Crippen LogP) is -0.0604. The lowest BCUT2D eigenvalue weighted by Gasteiger charge is -2.29. The Balaban J connectivity index is 1.52. The highest BCUT2D eigenvalue weighted by Gasteiger charge is 2.19. The molecule has 2 heterocycles. The van der Waals surface area contributed by atoms with E-state index in [1.54, 1.807) is 0 Å². The molecule has 1 amide bonds. The summed E-state index contributed by atoms with van der Waals surface area (Å²) in [5.74, 6) is 0.490. The zero-order valence-corrected chi connectivity index (χ0v) is 12.8. The second-order valence-corrected chi connectivity index (χ2v) is 5.74. The Labute approximate surface area is 133 Å². The third kappa shape index (κ3) is 4.33. The first-order chi connectivity index (χ1) is 11.2. The molecule has 1 aliphatic heterocycles. The topological polar surface area (TPSA) is 107 Å². The number of aliphatic hydroxyl groups is 1. The van der Waals surface area contributed by atoms with E-state index in [2.05, 4.69) is 25.9 Å². The van der Waals surface area contributed by atoms with Crippen LogP contribution in [0.4, 0.5) is 0 Å². The fraction of sp³-hybridized carbons (Fsp3) is 0.467. The number of aromatic nitrogens is 4. The van der Waals surface area contributed by atoms with E-state index in [-0.39, 0.29) is 12.0 Å². The summed E-state index contributed by atoms with van der Waals surface area (Å²) in [6.07, 6.45) is 1.44. The molecule has 3 rings (SSSR count). The van der Waals surface area contributed by atoms with Crippen molar-refractivity contribution >= 4 is 5.91 Å². The minimum atomic E-state index is -0.316. The molecule has 1 fully saturated rings. The molecule has 8 nitrogen and oxygen atoms in total. The minimum absolute atomic E-state index is 0.0379. The van der Waals surface area contributed by atoms with Crippen molar-refractivity contribution in [3.63, 3.8) is 0 Å². The first-order valence-corrected chi connectivity index (χ1v) is 7.70. The number of carbonyl (C=O) groups excluding carboxylic acids is 1. The number of hydrogen-bond acceptors (Lipinski definition) is 6. The number of β-amino-alcohol motifs (C(OH)–C–C–N with tert-alkyl or cyclic N) is 1. The van der Waals surface area contributed by atoms with E-state index in [4.69, 9.17) is 0 Å². The van der Waals surface area contributed by atoms with Crippen LogP contribution in [0.15, 0.2) is 24.3 Å². The van der Waals surface area contributed by atoms with Gasteiger partial charge < -0.3 is 10.4 Å². The molecule has 0 spiro atoms. The van der Waals surface area contributed by atoms with Crippen molar-refractivity contribution in [1.82, 2.24) is 30.8 Å². The summed E-state index contributed by atoms with van der Waals surface area (Å²) < 4.78 is 0. The Hall–Kier alpha value is -2.32. The van der Waals surface area contributed by atoms with Gasteiger partial charge in [0.05, 0.1) is 12.6 Å². The summed E-state index contributed by atoms with van der Waals surface area (Å²) in [6.45, 7) is 2.20. The van der Waals surface area contributed by atoms with Gasteiger partial charge in [0.2, 0.25) is 11.7 Å². The second-order valence-electron chi connectivity index (χ2n) is 5.74. The first kappa shape index (κ1) is 15.6. The van der Waals surface area contributed by atoms with Gasteiger partial charge in [-0.15, -0.1) is 10.2 Å². The number of carbonyl (C=O) groups is 1. The molecular formula is C15H20N6O2. The molecule has 122 valence electrons. The van der Waals surface area contributed by atoms with E-state index >= 15 is 0 Å². The van der Waals surface area contributed by atoms with E-state index < -0.39 is 0 Å². The van der Waals surface area contributed by atoms with Crippen molar-refractivity contribution in [3.05, 3.63) is 29.8 Å². The Bertz CT molecular complexity index is 645. The number of hydrogen-bond donors (Lipinski definition) is 3. The third-order valence-electron chi connectivity index (χ3n) is 3.87. The molecule has 0 aliphatic carbocycles. The molecule has 1 aliphatic rings. The third-order valence-corrected chi connectivity index (χ3v) is 3.87. The Morgan fingerprint density at radius 1 is 1.48 bits per heavy atom. The van der Waals surface area contributed by atoms with Crippen LogP contribution < -0.4 is 5.32 Å². The number of tetrazole rings is 1. The lowest BCUT2D eigenvalue weighted by molar-refractivity contribution is -0.123. The van der Waals surface area contributed by atoms with Gasteiger partial charge in [-0.05, 0) is 36.2 Å². The Kier molecular flexibility index (Phi) is 4.94. The van der Waals surface area contributed by atoms with Gasteiger partial charge >= 0.3 is 0 Å². The van der Waals surface area contributed by atoms with Crippen molar-refractivity contribution in [3.8, 4) is 11.4 Å². The van der Waals surface area contributed by atoms with E-state index in [0.717, 1.165) is 30.5 Å². The summed E-state index contributed by atoms with van der Waals surface area (Å²) in [7, 11) is 0. The van der Waals surface area contributed by atoms with Crippen LogP contribution in [0.5, 0.6) is 0 Å². The van der Waals surface area contributed by atoms with E-state index in [0.29, 0.717) is 25.5 Å². The predicted molar refractivity (Wildman–Crippen MR) is 83.1 cm³/mol. The van der Waals surface area contributed by atoms with Crippen LogP contribution >= 0.6 is 0 Å². The van der Waals surface area contributed by atoms with Gasteiger partial charge in [-0.3, -0.25) is 9.69 Å². The number of rotatable bonds is 5. The van der Waals surface area contributed by atoms with E-state index in [1.165, 1.54) is 0 Å². The number of amides is 1. The van der Waals surface area contributed by atoms with Crippen LogP contribution in [-0.2, 0) is 11.3 Å². The van der Waals surface area contributed by atoms with Crippen LogP contribution in [0, 0.1) is 0 Å².